The molecule has 8 heteroatoms. The van der Waals surface area contributed by atoms with Crippen molar-refractivity contribution in [2.45, 2.75) is 24.4 Å². The van der Waals surface area contributed by atoms with Crippen LogP contribution in [-0.4, -0.2) is 14.3 Å². The number of amides is 1. The Hall–Kier alpha value is -2.61. The lowest BCUT2D eigenvalue weighted by Gasteiger charge is -2.15. The third-order valence-corrected chi connectivity index (χ3v) is 5.79. The maximum atomic E-state index is 12.4. The van der Waals surface area contributed by atoms with Crippen molar-refractivity contribution in [3.63, 3.8) is 0 Å². The SMILES string of the molecule is CC(NC(=O)c1ccc(S(=O)(=O)NCc2ccco2)cc1)c1cccc(Cl)c1. The first-order chi connectivity index (χ1) is 13.3. The zero-order valence-corrected chi connectivity index (χ0v) is 16.6. The molecule has 146 valence electrons. The molecule has 0 aliphatic carbocycles. The number of rotatable bonds is 7. The van der Waals surface area contributed by atoms with Gasteiger partial charge in [-0.2, -0.15) is 0 Å². The van der Waals surface area contributed by atoms with Crippen LogP contribution in [0.25, 0.3) is 0 Å². The Morgan fingerprint density at radius 3 is 2.50 bits per heavy atom. The maximum Gasteiger partial charge on any atom is 0.251 e. The lowest BCUT2D eigenvalue weighted by atomic mass is 10.1. The molecule has 0 bridgehead atoms. The van der Waals surface area contributed by atoms with E-state index < -0.39 is 10.0 Å². The van der Waals surface area contributed by atoms with Gasteiger partial charge in [-0.05, 0) is 61.0 Å². The number of sulfonamides is 1. The highest BCUT2D eigenvalue weighted by atomic mass is 35.5. The molecule has 0 aliphatic rings. The van der Waals surface area contributed by atoms with Crippen molar-refractivity contribution in [1.29, 1.82) is 0 Å². The molecular weight excluding hydrogens is 400 g/mol. The summed E-state index contributed by atoms with van der Waals surface area (Å²) in [6.45, 7) is 1.90. The van der Waals surface area contributed by atoms with Gasteiger partial charge in [0.15, 0.2) is 0 Å². The molecular formula is C20H19ClN2O4S. The third kappa shape index (κ3) is 5.01. The summed E-state index contributed by atoms with van der Waals surface area (Å²) in [5.41, 5.74) is 1.24. The Morgan fingerprint density at radius 1 is 1.11 bits per heavy atom. The fraction of sp³-hybridized carbons (Fsp3) is 0.150. The van der Waals surface area contributed by atoms with Gasteiger partial charge in [0.25, 0.3) is 5.91 Å². The van der Waals surface area contributed by atoms with Gasteiger partial charge in [0.2, 0.25) is 10.0 Å². The van der Waals surface area contributed by atoms with Gasteiger partial charge >= 0.3 is 0 Å². The quantitative estimate of drug-likeness (QED) is 0.609. The minimum atomic E-state index is -3.71. The molecule has 3 rings (SSSR count). The van der Waals surface area contributed by atoms with Gasteiger partial charge in [0.05, 0.1) is 23.7 Å². The van der Waals surface area contributed by atoms with Crippen molar-refractivity contribution in [3.05, 3.63) is 88.8 Å². The molecule has 1 heterocycles. The number of halogens is 1. The van der Waals surface area contributed by atoms with Crippen LogP contribution >= 0.6 is 11.6 Å². The van der Waals surface area contributed by atoms with Crippen molar-refractivity contribution < 1.29 is 17.6 Å². The molecule has 0 fully saturated rings. The summed E-state index contributed by atoms with van der Waals surface area (Å²) in [7, 11) is -3.71. The predicted molar refractivity (Wildman–Crippen MR) is 107 cm³/mol. The van der Waals surface area contributed by atoms with E-state index in [2.05, 4.69) is 10.0 Å². The molecule has 0 radical (unpaired) electrons. The van der Waals surface area contributed by atoms with E-state index in [1.54, 1.807) is 24.3 Å². The predicted octanol–water partition coefficient (Wildman–Crippen LogP) is 3.90. The van der Waals surface area contributed by atoms with Crippen LogP contribution in [-0.2, 0) is 16.6 Å². The van der Waals surface area contributed by atoms with E-state index in [4.69, 9.17) is 16.0 Å². The van der Waals surface area contributed by atoms with Crippen LogP contribution in [0.5, 0.6) is 0 Å². The second kappa shape index (κ2) is 8.60. The summed E-state index contributed by atoms with van der Waals surface area (Å²) in [5, 5.41) is 3.46. The molecule has 1 atom stereocenters. The second-order valence-corrected chi connectivity index (χ2v) is 8.38. The molecule has 28 heavy (non-hydrogen) atoms. The van der Waals surface area contributed by atoms with Crippen LogP contribution in [0.3, 0.4) is 0 Å². The minimum absolute atomic E-state index is 0.0503. The largest absolute Gasteiger partial charge is 0.468 e. The molecule has 2 aromatic carbocycles. The standard InChI is InChI=1S/C20H19ClN2O4S/c1-14(16-4-2-5-17(21)12-16)23-20(24)15-7-9-19(10-8-15)28(25,26)22-13-18-6-3-11-27-18/h2-12,14,22H,13H2,1H3,(H,23,24). The highest BCUT2D eigenvalue weighted by Gasteiger charge is 2.16. The lowest BCUT2D eigenvalue weighted by Crippen LogP contribution is -2.27. The van der Waals surface area contributed by atoms with E-state index in [0.29, 0.717) is 16.3 Å². The van der Waals surface area contributed by atoms with Gasteiger partial charge in [0.1, 0.15) is 5.76 Å². The first-order valence-corrected chi connectivity index (χ1v) is 10.4. The topological polar surface area (TPSA) is 88.4 Å². The van der Waals surface area contributed by atoms with Gasteiger partial charge < -0.3 is 9.73 Å². The van der Waals surface area contributed by atoms with Crippen LogP contribution in [0.2, 0.25) is 5.02 Å². The molecule has 0 aliphatic heterocycles. The molecule has 0 saturated carbocycles. The smallest absolute Gasteiger partial charge is 0.251 e. The molecule has 1 unspecified atom stereocenters. The molecule has 1 amide bonds. The Bertz CT molecular complexity index is 1050. The summed E-state index contributed by atoms with van der Waals surface area (Å²) in [6, 6.07) is 16.1. The number of nitrogens with one attached hydrogen (secondary N) is 2. The van der Waals surface area contributed by atoms with E-state index in [1.165, 1.54) is 30.5 Å². The van der Waals surface area contributed by atoms with E-state index in [-0.39, 0.29) is 23.4 Å². The number of carbonyl (C=O) groups excluding carboxylic acids is 1. The van der Waals surface area contributed by atoms with Gasteiger partial charge in [-0.3, -0.25) is 4.79 Å². The second-order valence-electron chi connectivity index (χ2n) is 6.18. The maximum absolute atomic E-state index is 12.4. The minimum Gasteiger partial charge on any atom is -0.468 e. The first kappa shape index (κ1) is 20.1. The third-order valence-electron chi connectivity index (χ3n) is 4.14. The fourth-order valence-corrected chi connectivity index (χ4v) is 3.78. The van der Waals surface area contributed by atoms with Crippen LogP contribution < -0.4 is 10.0 Å². The molecule has 3 aromatic rings. The van der Waals surface area contributed by atoms with Crippen molar-refractivity contribution in [1.82, 2.24) is 10.0 Å². The van der Waals surface area contributed by atoms with Crippen LogP contribution in [0.15, 0.2) is 76.2 Å². The van der Waals surface area contributed by atoms with Gasteiger partial charge in [-0.25, -0.2) is 13.1 Å². The summed E-state index contributed by atoms with van der Waals surface area (Å²) >= 11 is 5.98. The lowest BCUT2D eigenvalue weighted by molar-refractivity contribution is 0.0940. The summed E-state index contributed by atoms with van der Waals surface area (Å²) in [6.07, 6.45) is 1.47. The van der Waals surface area contributed by atoms with E-state index >= 15 is 0 Å². The summed E-state index contributed by atoms with van der Waals surface area (Å²) < 4.78 is 32.2. The Kier molecular flexibility index (Phi) is 6.18. The monoisotopic (exact) mass is 418 g/mol. The zero-order chi connectivity index (χ0) is 20.1. The van der Waals surface area contributed by atoms with E-state index in [9.17, 15) is 13.2 Å². The van der Waals surface area contributed by atoms with Crippen molar-refractivity contribution in [2.24, 2.45) is 0 Å². The fourth-order valence-electron chi connectivity index (χ4n) is 2.59. The number of furan rings is 1. The van der Waals surface area contributed by atoms with E-state index in [0.717, 1.165) is 5.56 Å². The molecule has 2 N–H and O–H groups in total. The van der Waals surface area contributed by atoms with E-state index in [1.807, 2.05) is 19.1 Å². The number of hydrogen-bond acceptors (Lipinski definition) is 4. The van der Waals surface area contributed by atoms with Crippen LogP contribution in [0.1, 0.15) is 34.6 Å². The average Bonchev–Trinajstić information content (AvgIpc) is 3.20. The number of carbonyl (C=O) groups is 1. The Labute approximate surface area is 168 Å². The molecule has 0 spiro atoms. The van der Waals surface area contributed by atoms with Crippen LogP contribution in [0.4, 0.5) is 0 Å². The zero-order valence-electron chi connectivity index (χ0n) is 15.1. The van der Waals surface area contributed by atoms with Gasteiger partial charge in [-0.15, -0.1) is 0 Å². The van der Waals surface area contributed by atoms with Crippen LogP contribution in [0, 0.1) is 0 Å². The average molecular weight is 419 g/mol. The first-order valence-electron chi connectivity index (χ1n) is 8.53. The molecule has 6 nitrogen and oxygen atoms in total. The molecule has 0 saturated heterocycles. The highest BCUT2D eigenvalue weighted by molar-refractivity contribution is 7.89. The number of benzene rings is 2. The normalized spacial score (nSPS) is 12.5. The summed E-state index contributed by atoms with van der Waals surface area (Å²) in [4.78, 5) is 12.5. The highest BCUT2D eigenvalue weighted by Crippen LogP contribution is 2.18. The number of hydrogen-bond donors (Lipinski definition) is 2. The Morgan fingerprint density at radius 2 is 1.86 bits per heavy atom. The van der Waals surface area contributed by atoms with Gasteiger partial charge in [0, 0.05) is 10.6 Å². The Balaban J connectivity index is 1.65. The van der Waals surface area contributed by atoms with Crippen molar-refractivity contribution in [2.75, 3.05) is 0 Å². The molecule has 1 aromatic heterocycles. The summed E-state index contributed by atoms with van der Waals surface area (Å²) in [5.74, 6) is 0.203. The van der Waals surface area contributed by atoms with Crippen molar-refractivity contribution in [3.8, 4) is 0 Å². The van der Waals surface area contributed by atoms with Gasteiger partial charge in [-0.1, -0.05) is 23.7 Å². The van der Waals surface area contributed by atoms with Crippen molar-refractivity contribution >= 4 is 27.5 Å².